The maximum atomic E-state index is 13.6. The van der Waals surface area contributed by atoms with Crippen LogP contribution in [0.5, 0.6) is 5.75 Å². The second-order valence-electron chi connectivity index (χ2n) is 11.0. The van der Waals surface area contributed by atoms with E-state index in [-0.39, 0.29) is 30.8 Å². The molecule has 42 heavy (non-hydrogen) atoms. The van der Waals surface area contributed by atoms with E-state index in [1.807, 2.05) is 0 Å². The van der Waals surface area contributed by atoms with Gasteiger partial charge in [0.2, 0.25) is 0 Å². The van der Waals surface area contributed by atoms with Crippen LogP contribution in [0.25, 0.3) is 0 Å². The molecule has 0 radical (unpaired) electrons. The third kappa shape index (κ3) is 8.15. The lowest BCUT2D eigenvalue weighted by atomic mass is 9.98. The Labute approximate surface area is 241 Å². The van der Waals surface area contributed by atoms with Gasteiger partial charge in [-0.15, -0.1) is 0 Å². The summed E-state index contributed by atoms with van der Waals surface area (Å²) < 4.78 is 86.2. The number of ether oxygens (including phenoxy) is 1. The van der Waals surface area contributed by atoms with Crippen LogP contribution >= 0.6 is 0 Å². The molecule has 232 valence electrons. The van der Waals surface area contributed by atoms with Crippen molar-refractivity contribution in [1.82, 2.24) is 20.0 Å². The number of alkyl halides is 6. The van der Waals surface area contributed by atoms with Gasteiger partial charge in [-0.1, -0.05) is 12.1 Å². The van der Waals surface area contributed by atoms with Crippen LogP contribution in [0.4, 0.5) is 26.3 Å². The van der Waals surface area contributed by atoms with Gasteiger partial charge in [0.15, 0.2) is 0 Å². The first-order chi connectivity index (χ1) is 19.7. The molecule has 2 atom stereocenters. The second-order valence-corrected chi connectivity index (χ2v) is 11.0. The second kappa shape index (κ2) is 13.2. The standard InChI is InChI=1S/C29H36F6N4O3/c1-19-3-4-20(12-26(19)40)11-25-17-38(8-7-37-6-5-36-24(16-37)18-42-2)9-10-39(25)27(41)21-13-22(28(30,31)32)15-23(14-21)29(33,34)35/h3-4,12-15,24-25,36,40H,5-11,16-18H2,1-2H3/t24-,25+/m0/s1. The number of rotatable bonds is 8. The number of amides is 1. The number of carbonyl (C=O) groups excluding carboxylic acids is 1. The zero-order valence-corrected chi connectivity index (χ0v) is 23.6. The van der Waals surface area contributed by atoms with Crippen LogP contribution in [0.3, 0.4) is 0 Å². The molecule has 2 aromatic rings. The molecule has 4 rings (SSSR count). The molecule has 2 heterocycles. The van der Waals surface area contributed by atoms with Crippen molar-refractivity contribution in [1.29, 1.82) is 0 Å². The average molecular weight is 603 g/mol. The van der Waals surface area contributed by atoms with E-state index < -0.39 is 41.0 Å². The highest BCUT2D eigenvalue weighted by Gasteiger charge is 2.39. The molecule has 0 bridgehead atoms. The number of hydrogen-bond acceptors (Lipinski definition) is 6. The molecule has 2 fully saturated rings. The Balaban J connectivity index is 1.56. The number of halogens is 6. The molecule has 13 heteroatoms. The van der Waals surface area contributed by atoms with Crippen molar-refractivity contribution in [3.63, 3.8) is 0 Å². The van der Waals surface area contributed by atoms with Crippen LogP contribution < -0.4 is 5.32 Å². The number of benzene rings is 2. The first-order valence-corrected chi connectivity index (χ1v) is 13.8. The van der Waals surface area contributed by atoms with Crippen molar-refractivity contribution in [3.05, 3.63) is 64.2 Å². The van der Waals surface area contributed by atoms with Crippen molar-refractivity contribution in [3.8, 4) is 5.75 Å². The lowest BCUT2D eigenvalue weighted by Crippen LogP contribution is -2.58. The molecule has 7 nitrogen and oxygen atoms in total. The van der Waals surface area contributed by atoms with Crippen molar-refractivity contribution in [2.75, 3.05) is 66.1 Å². The van der Waals surface area contributed by atoms with E-state index in [0.717, 1.165) is 26.2 Å². The van der Waals surface area contributed by atoms with Gasteiger partial charge < -0.3 is 20.1 Å². The Bertz CT molecular complexity index is 1200. The highest BCUT2D eigenvalue weighted by Crippen LogP contribution is 2.37. The summed E-state index contributed by atoms with van der Waals surface area (Å²) in [5, 5.41) is 13.6. The Morgan fingerprint density at radius 1 is 0.952 bits per heavy atom. The zero-order valence-electron chi connectivity index (χ0n) is 23.6. The quantitative estimate of drug-likeness (QED) is 0.445. The fourth-order valence-electron chi connectivity index (χ4n) is 5.56. The smallest absolute Gasteiger partial charge is 0.416 e. The number of phenols is 1. The summed E-state index contributed by atoms with van der Waals surface area (Å²) in [6, 6.07) is 5.75. The Kier molecular flexibility index (Phi) is 10.1. The minimum atomic E-state index is -5.06. The first-order valence-electron chi connectivity index (χ1n) is 13.8. The maximum absolute atomic E-state index is 13.6. The normalized spacial score (nSPS) is 21.1. The van der Waals surface area contributed by atoms with Crippen molar-refractivity contribution >= 4 is 5.91 Å². The molecule has 0 aromatic heterocycles. The molecule has 2 aromatic carbocycles. The molecular weight excluding hydrogens is 566 g/mol. The predicted octanol–water partition coefficient (Wildman–Crippen LogP) is 4.03. The lowest BCUT2D eigenvalue weighted by Gasteiger charge is -2.43. The van der Waals surface area contributed by atoms with Crippen LogP contribution in [0.15, 0.2) is 36.4 Å². The van der Waals surface area contributed by atoms with E-state index in [1.165, 1.54) is 4.90 Å². The molecule has 2 N–H and O–H groups in total. The number of piperazine rings is 2. The van der Waals surface area contributed by atoms with Crippen LogP contribution in [0.1, 0.15) is 32.6 Å². The Hall–Kier alpha value is -2.87. The molecule has 2 aliphatic rings. The maximum Gasteiger partial charge on any atom is 0.416 e. The summed E-state index contributed by atoms with van der Waals surface area (Å²) in [6.07, 6.45) is -9.84. The van der Waals surface area contributed by atoms with Crippen molar-refractivity contribution in [2.45, 2.75) is 37.8 Å². The lowest BCUT2D eigenvalue weighted by molar-refractivity contribution is -0.143. The van der Waals surface area contributed by atoms with Crippen LogP contribution in [0, 0.1) is 6.92 Å². The topological polar surface area (TPSA) is 68.3 Å². The summed E-state index contributed by atoms with van der Waals surface area (Å²) in [5.74, 6) is -0.827. The van der Waals surface area contributed by atoms with E-state index >= 15 is 0 Å². The molecule has 0 spiro atoms. The summed E-state index contributed by atoms with van der Waals surface area (Å²) in [6.45, 7) is 7.19. The fraction of sp³-hybridized carbons (Fsp3) is 0.552. The molecule has 2 saturated heterocycles. The largest absolute Gasteiger partial charge is 0.508 e. The molecular formula is C29H36F6N4O3. The van der Waals surface area contributed by atoms with Crippen LogP contribution in [-0.4, -0.2) is 104 Å². The number of phenolic OH excluding ortho intramolecular Hbond substituents is 1. The number of aromatic hydroxyl groups is 1. The SMILES string of the molecule is COC[C@@H]1CN(CCN2CCN(C(=O)c3cc(C(F)(F)F)cc(C(F)(F)F)c3)[C@H](Cc3ccc(C)c(O)c3)C2)CCN1. The number of nitrogens with one attached hydrogen (secondary N) is 1. The fourth-order valence-corrected chi connectivity index (χ4v) is 5.56. The molecule has 0 unspecified atom stereocenters. The van der Waals surface area contributed by atoms with E-state index in [4.69, 9.17) is 4.74 Å². The summed E-state index contributed by atoms with van der Waals surface area (Å²) in [4.78, 5) is 19.4. The first kappa shape index (κ1) is 32.1. The zero-order chi connectivity index (χ0) is 30.7. The van der Waals surface area contributed by atoms with E-state index in [1.54, 1.807) is 32.2 Å². The van der Waals surface area contributed by atoms with Crippen LogP contribution in [0.2, 0.25) is 0 Å². The van der Waals surface area contributed by atoms with E-state index in [2.05, 4.69) is 15.1 Å². The van der Waals surface area contributed by atoms with Gasteiger partial charge in [0.05, 0.1) is 17.7 Å². The minimum absolute atomic E-state index is 0.0224. The van der Waals surface area contributed by atoms with Gasteiger partial charge in [0.1, 0.15) is 5.75 Å². The van der Waals surface area contributed by atoms with E-state index in [9.17, 15) is 36.2 Å². The average Bonchev–Trinajstić information content (AvgIpc) is 2.93. The highest BCUT2D eigenvalue weighted by molar-refractivity contribution is 5.95. The highest BCUT2D eigenvalue weighted by atomic mass is 19.4. The molecule has 0 saturated carbocycles. The summed E-state index contributed by atoms with van der Waals surface area (Å²) in [7, 11) is 1.65. The van der Waals surface area contributed by atoms with Gasteiger partial charge in [-0.25, -0.2) is 0 Å². The monoisotopic (exact) mass is 602 g/mol. The number of methoxy groups -OCH3 is 1. The van der Waals surface area contributed by atoms with Crippen molar-refractivity contribution in [2.24, 2.45) is 0 Å². The number of carbonyl (C=O) groups is 1. The van der Waals surface area contributed by atoms with Gasteiger partial charge in [0, 0.05) is 77.1 Å². The predicted molar refractivity (Wildman–Crippen MR) is 144 cm³/mol. The Morgan fingerprint density at radius 3 is 2.19 bits per heavy atom. The number of nitrogens with zero attached hydrogens (tertiary/aromatic N) is 3. The van der Waals surface area contributed by atoms with E-state index in [0.29, 0.717) is 49.5 Å². The van der Waals surface area contributed by atoms with Gasteiger partial charge in [0.25, 0.3) is 5.91 Å². The summed E-state index contributed by atoms with van der Waals surface area (Å²) in [5.41, 5.74) is -2.35. The van der Waals surface area contributed by atoms with Gasteiger partial charge in [-0.2, -0.15) is 26.3 Å². The molecule has 2 aliphatic heterocycles. The van der Waals surface area contributed by atoms with Crippen molar-refractivity contribution < 1.29 is 41.0 Å². The third-order valence-corrected chi connectivity index (χ3v) is 7.85. The van der Waals surface area contributed by atoms with Gasteiger partial charge in [-0.05, 0) is 48.7 Å². The minimum Gasteiger partial charge on any atom is -0.508 e. The molecule has 1 amide bonds. The van der Waals surface area contributed by atoms with Gasteiger partial charge >= 0.3 is 12.4 Å². The van der Waals surface area contributed by atoms with Crippen LogP contribution in [-0.2, 0) is 23.5 Å². The molecule has 0 aliphatic carbocycles. The number of hydrogen-bond donors (Lipinski definition) is 2. The number of aryl methyl sites for hydroxylation is 1. The Morgan fingerprint density at radius 2 is 1.60 bits per heavy atom. The summed E-state index contributed by atoms with van der Waals surface area (Å²) >= 11 is 0. The third-order valence-electron chi connectivity index (χ3n) is 7.85. The van der Waals surface area contributed by atoms with Gasteiger partial charge in [-0.3, -0.25) is 14.6 Å².